The fourth-order valence-corrected chi connectivity index (χ4v) is 10.9. The Morgan fingerprint density at radius 3 is 1.71 bits per heavy atom. The number of ether oxygens (including phenoxy) is 2. The van der Waals surface area contributed by atoms with Crippen molar-refractivity contribution in [2.75, 3.05) is 25.7 Å². The molecule has 6 nitrogen and oxygen atoms in total. The molecule has 4 aliphatic rings. The Labute approximate surface area is 218 Å². The van der Waals surface area contributed by atoms with Crippen molar-refractivity contribution >= 4 is 33.5 Å². The van der Waals surface area contributed by atoms with Crippen molar-refractivity contribution < 1.29 is 27.5 Å². The minimum absolute atomic E-state index is 0. The molecule has 2 saturated carbocycles. The van der Waals surface area contributed by atoms with E-state index in [1.54, 1.807) is 7.11 Å². The van der Waals surface area contributed by atoms with Crippen LogP contribution in [0.4, 0.5) is 0 Å². The number of methoxy groups -OCH3 is 2. The molecule has 35 heavy (non-hydrogen) atoms. The number of carbonyl (C=O) groups excluding carboxylic acids is 2. The molecule has 8 heteroatoms. The Bertz CT molecular complexity index is 775. The monoisotopic (exact) mass is 532 g/mol. The second kappa shape index (κ2) is 13.7. The van der Waals surface area contributed by atoms with E-state index in [0.717, 1.165) is 44.9 Å². The molecular formula is C27H48O6S2. The average Bonchev–Trinajstić information content (AvgIpc) is 2.89. The third-order valence-corrected chi connectivity index (χ3v) is 12.7. The second-order valence-corrected chi connectivity index (χ2v) is 14.2. The number of rotatable bonds is 4. The van der Waals surface area contributed by atoms with E-state index in [4.69, 9.17) is 9.47 Å². The maximum atomic E-state index is 12.3. The van der Waals surface area contributed by atoms with Gasteiger partial charge in [-0.2, -0.15) is 11.8 Å². The van der Waals surface area contributed by atoms with Gasteiger partial charge < -0.3 is 9.47 Å². The van der Waals surface area contributed by atoms with E-state index < -0.39 is 20.5 Å². The summed E-state index contributed by atoms with van der Waals surface area (Å²) in [5.41, 5.74) is -0.898. The van der Waals surface area contributed by atoms with E-state index in [-0.39, 0.29) is 30.5 Å². The molecule has 0 aromatic heterocycles. The van der Waals surface area contributed by atoms with Crippen LogP contribution in [0.1, 0.15) is 110 Å². The first kappa shape index (κ1) is 30.5. The van der Waals surface area contributed by atoms with E-state index in [1.165, 1.54) is 51.4 Å². The van der Waals surface area contributed by atoms with Crippen LogP contribution in [0.15, 0.2) is 0 Å². The van der Waals surface area contributed by atoms with Crippen LogP contribution in [0.2, 0.25) is 0 Å². The van der Waals surface area contributed by atoms with Gasteiger partial charge in [-0.1, -0.05) is 58.8 Å². The van der Waals surface area contributed by atoms with Crippen LogP contribution in [0.3, 0.4) is 0 Å². The molecule has 0 aromatic carbocycles. The standard InChI is InChI=1S/C13H22O4S.C13H22O2S.CH4/c1-17-12(14)13(8-4-2-5-9-13)11-7-3-6-10-18(11,15)16;1-15-12(14)13(8-4-2-5-9-13)11-7-3-6-10-16-11;/h11H,2-10H2,1H3;11H,2-10H2,1H3;1H4. The van der Waals surface area contributed by atoms with Gasteiger partial charge in [0.05, 0.1) is 36.1 Å². The first-order valence-electron chi connectivity index (χ1n) is 13.3. The van der Waals surface area contributed by atoms with Crippen molar-refractivity contribution in [2.24, 2.45) is 10.8 Å². The van der Waals surface area contributed by atoms with Gasteiger partial charge in [-0.25, -0.2) is 8.42 Å². The van der Waals surface area contributed by atoms with Crippen LogP contribution in [0, 0.1) is 10.8 Å². The highest BCUT2D eigenvalue weighted by molar-refractivity contribution is 8.00. The van der Waals surface area contributed by atoms with E-state index in [1.807, 2.05) is 11.8 Å². The summed E-state index contributed by atoms with van der Waals surface area (Å²) in [6, 6.07) is 0. The van der Waals surface area contributed by atoms with Gasteiger partial charge in [0.2, 0.25) is 0 Å². The largest absolute Gasteiger partial charge is 0.469 e. The van der Waals surface area contributed by atoms with Crippen LogP contribution in [0.5, 0.6) is 0 Å². The van der Waals surface area contributed by atoms with Gasteiger partial charge in [0.1, 0.15) is 0 Å². The van der Waals surface area contributed by atoms with Crippen LogP contribution >= 0.6 is 11.8 Å². The summed E-state index contributed by atoms with van der Waals surface area (Å²) in [5.74, 6) is 1.21. The molecule has 0 spiro atoms. The van der Waals surface area contributed by atoms with Crippen molar-refractivity contribution in [2.45, 2.75) is 121 Å². The van der Waals surface area contributed by atoms with Gasteiger partial charge in [0.15, 0.2) is 9.84 Å². The molecule has 4 fully saturated rings. The number of sulfone groups is 1. The van der Waals surface area contributed by atoms with Crippen LogP contribution in [-0.2, 0) is 28.9 Å². The van der Waals surface area contributed by atoms with Crippen molar-refractivity contribution in [1.29, 1.82) is 0 Å². The highest BCUT2D eigenvalue weighted by Crippen LogP contribution is 2.49. The van der Waals surface area contributed by atoms with Gasteiger partial charge in [-0.05, 0) is 57.1 Å². The SMILES string of the molecule is C.COC(=O)C1(C2CCCCS2(=O)=O)CCCCC1.COC(=O)C1(C2CCCCS2)CCCCC1. The summed E-state index contributed by atoms with van der Waals surface area (Å²) in [7, 11) is -0.221. The molecule has 2 aliphatic heterocycles. The first-order chi connectivity index (χ1) is 16.3. The van der Waals surface area contributed by atoms with E-state index in [2.05, 4.69) is 0 Å². The lowest BCUT2D eigenvalue weighted by Crippen LogP contribution is -2.50. The molecule has 2 saturated heterocycles. The van der Waals surface area contributed by atoms with Crippen molar-refractivity contribution in [3.8, 4) is 0 Å². The molecule has 0 N–H and O–H groups in total. The predicted octanol–water partition coefficient (Wildman–Crippen LogP) is 6.11. The summed E-state index contributed by atoms with van der Waals surface area (Å²) >= 11 is 2.01. The highest BCUT2D eigenvalue weighted by Gasteiger charge is 2.53. The summed E-state index contributed by atoms with van der Waals surface area (Å²) in [6.07, 6.45) is 16.2. The number of thioether (sulfide) groups is 1. The molecule has 0 radical (unpaired) electrons. The Hall–Kier alpha value is -0.760. The fraction of sp³-hybridized carbons (Fsp3) is 0.926. The summed E-state index contributed by atoms with van der Waals surface area (Å²) < 4.78 is 34.6. The minimum Gasteiger partial charge on any atom is -0.469 e. The summed E-state index contributed by atoms with van der Waals surface area (Å²) in [5, 5.41) is 0.0144. The van der Waals surface area contributed by atoms with E-state index in [9.17, 15) is 18.0 Å². The Morgan fingerprint density at radius 1 is 0.714 bits per heavy atom. The Morgan fingerprint density at radius 2 is 1.23 bits per heavy atom. The predicted molar refractivity (Wildman–Crippen MR) is 143 cm³/mol. The van der Waals surface area contributed by atoms with Gasteiger partial charge >= 0.3 is 11.9 Å². The number of carbonyl (C=O) groups is 2. The number of hydrogen-bond acceptors (Lipinski definition) is 7. The summed E-state index contributed by atoms with van der Waals surface area (Å²) in [4.78, 5) is 24.3. The molecule has 2 heterocycles. The second-order valence-electron chi connectivity index (χ2n) is 10.6. The van der Waals surface area contributed by atoms with Gasteiger partial charge in [0, 0.05) is 5.25 Å². The quantitative estimate of drug-likeness (QED) is 0.404. The van der Waals surface area contributed by atoms with E-state index in [0.29, 0.717) is 24.5 Å². The molecule has 2 aliphatic carbocycles. The Balaban J connectivity index is 0.000000241. The van der Waals surface area contributed by atoms with Gasteiger partial charge in [0.25, 0.3) is 0 Å². The van der Waals surface area contributed by atoms with Crippen LogP contribution in [0.25, 0.3) is 0 Å². The third-order valence-electron chi connectivity index (χ3n) is 8.67. The molecule has 2 atom stereocenters. The molecule has 0 aromatic rings. The molecule has 0 bridgehead atoms. The van der Waals surface area contributed by atoms with Crippen molar-refractivity contribution in [1.82, 2.24) is 0 Å². The maximum absolute atomic E-state index is 12.3. The Kier molecular flexibility index (Phi) is 11.9. The maximum Gasteiger partial charge on any atom is 0.313 e. The first-order valence-corrected chi connectivity index (χ1v) is 16.1. The zero-order chi connectivity index (χ0) is 24.7. The number of hydrogen-bond donors (Lipinski definition) is 0. The smallest absolute Gasteiger partial charge is 0.313 e. The highest BCUT2D eigenvalue weighted by atomic mass is 32.2. The van der Waals surface area contributed by atoms with Gasteiger partial charge in [-0.3, -0.25) is 9.59 Å². The van der Waals surface area contributed by atoms with Crippen molar-refractivity contribution in [3.63, 3.8) is 0 Å². The molecule has 0 amide bonds. The third kappa shape index (κ3) is 6.77. The molecular weight excluding hydrogens is 484 g/mol. The van der Waals surface area contributed by atoms with Crippen molar-refractivity contribution in [3.05, 3.63) is 0 Å². The lowest BCUT2D eigenvalue weighted by molar-refractivity contribution is -0.156. The zero-order valence-electron chi connectivity index (χ0n) is 21.1. The normalized spacial score (nSPS) is 29.3. The van der Waals surface area contributed by atoms with Crippen LogP contribution in [-0.4, -0.2) is 56.6 Å². The molecule has 2 unspecified atom stereocenters. The summed E-state index contributed by atoms with van der Waals surface area (Å²) in [6.45, 7) is 0. The lowest BCUT2D eigenvalue weighted by Gasteiger charge is -2.42. The zero-order valence-corrected chi connectivity index (χ0v) is 22.8. The lowest BCUT2D eigenvalue weighted by atomic mass is 9.70. The molecule has 4 rings (SSSR count). The minimum atomic E-state index is -3.14. The van der Waals surface area contributed by atoms with Crippen LogP contribution < -0.4 is 0 Å². The number of esters is 2. The van der Waals surface area contributed by atoms with Gasteiger partial charge in [-0.15, -0.1) is 0 Å². The molecule has 204 valence electrons. The van der Waals surface area contributed by atoms with E-state index >= 15 is 0 Å². The average molecular weight is 533 g/mol. The fourth-order valence-electron chi connectivity index (χ4n) is 6.84. The topological polar surface area (TPSA) is 86.7 Å².